The molecule has 7 aromatic rings. The summed E-state index contributed by atoms with van der Waals surface area (Å²) in [5.74, 6) is 0. The quantitative estimate of drug-likeness (QED) is 0.173. The van der Waals surface area contributed by atoms with Gasteiger partial charge in [-0.2, -0.15) is 0 Å². The van der Waals surface area contributed by atoms with Gasteiger partial charge in [-0.15, -0.1) is 53.6 Å². The SMILES string of the molecule is Cc1c[c-]c(-c2ccc(C)cn2)cc1.[Ir].[c-]1ccc2c(oc3ccccc32)c1-c1cc(-c2ccccc2)ccn1. The smallest absolute Gasteiger partial charge is 0.120 e. The Kier molecular flexibility index (Phi) is 8.31. The molecule has 7 rings (SSSR count). The van der Waals surface area contributed by atoms with E-state index in [1.54, 1.807) is 0 Å². The number of hydrogen-bond donors (Lipinski definition) is 0. The first-order valence-electron chi connectivity index (χ1n) is 12.9. The Morgan fingerprint density at radius 1 is 0.650 bits per heavy atom. The third-order valence-electron chi connectivity index (χ3n) is 6.62. The second kappa shape index (κ2) is 12.2. The van der Waals surface area contributed by atoms with Gasteiger partial charge >= 0.3 is 0 Å². The Balaban J connectivity index is 0.000000184. The number of benzene rings is 4. The molecule has 0 saturated carbocycles. The van der Waals surface area contributed by atoms with Crippen LogP contribution in [-0.4, -0.2) is 9.97 Å². The van der Waals surface area contributed by atoms with Crippen molar-refractivity contribution in [2.24, 2.45) is 0 Å². The molecule has 3 aromatic heterocycles. The fourth-order valence-electron chi connectivity index (χ4n) is 4.55. The molecule has 40 heavy (non-hydrogen) atoms. The van der Waals surface area contributed by atoms with Crippen molar-refractivity contribution in [1.29, 1.82) is 0 Å². The predicted octanol–water partition coefficient (Wildman–Crippen LogP) is 9.28. The Bertz CT molecular complexity index is 1810. The van der Waals surface area contributed by atoms with Gasteiger partial charge in [0.15, 0.2) is 0 Å². The third-order valence-corrected chi connectivity index (χ3v) is 6.62. The van der Waals surface area contributed by atoms with Gasteiger partial charge in [-0.3, -0.25) is 0 Å². The van der Waals surface area contributed by atoms with Gasteiger partial charge in [-0.05, 0) is 47.1 Å². The molecule has 0 amide bonds. The maximum Gasteiger partial charge on any atom is 0.120 e. The van der Waals surface area contributed by atoms with Gasteiger partial charge in [0.05, 0.1) is 5.58 Å². The molecule has 0 saturated heterocycles. The van der Waals surface area contributed by atoms with Crippen molar-refractivity contribution < 1.29 is 24.5 Å². The van der Waals surface area contributed by atoms with Crippen LogP contribution in [0, 0.1) is 26.0 Å². The Morgan fingerprint density at radius 2 is 1.45 bits per heavy atom. The molecule has 197 valence electrons. The first kappa shape index (κ1) is 27.2. The van der Waals surface area contributed by atoms with Crippen molar-refractivity contribution in [3.05, 3.63) is 145 Å². The van der Waals surface area contributed by atoms with Crippen molar-refractivity contribution in [1.82, 2.24) is 9.97 Å². The van der Waals surface area contributed by atoms with Crippen LogP contribution in [0.4, 0.5) is 0 Å². The zero-order valence-corrected chi connectivity index (χ0v) is 24.6. The molecule has 0 aliphatic carbocycles. The van der Waals surface area contributed by atoms with Crippen LogP contribution in [0.25, 0.3) is 55.6 Å². The van der Waals surface area contributed by atoms with Crippen molar-refractivity contribution in [3.63, 3.8) is 0 Å². The standard InChI is InChI=1S/C23H14NO.C13H12N.Ir/c1-2-7-16(8-3-1)17-13-14-24-21(15-17)20-11-6-10-19-18-9-4-5-12-22(18)25-23(19)20;1-10-3-6-12(7-4-10)13-8-5-11(2)9-14-13;/h1-10,12-15H;3-6,8-9H,1-2H3;/q2*-1;. The number of para-hydroxylation sites is 1. The summed E-state index contributed by atoms with van der Waals surface area (Å²) in [5.41, 5.74) is 10.2. The maximum absolute atomic E-state index is 6.11. The number of hydrogen-bond acceptors (Lipinski definition) is 3. The molecule has 0 spiro atoms. The van der Waals surface area contributed by atoms with Gasteiger partial charge in [0.25, 0.3) is 0 Å². The van der Waals surface area contributed by atoms with E-state index in [1.165, 1.54) is 16.7 Å². The van der Waals surface area contributed by atoms with Crippen molar-refractivity contribution >= 4 is 21.9 Å². The van der Waals surface area contributed by atoms with E-state index >= 15 is 0 Å². The summed E-state index contributed by atoms with van der Waals surface area (Å²) in [4.78, 5) is 8.91. The molecule has 0 aliphatic heterocycles. The van der Waals surface area contributed by atoms with Crippen molar-refractivity contribution in [3.8, 4) is 33.6 Å². The summed E-state index contributed by atoms with van der Waals surface area (Å²) in [7, 11) is 0. The van der Waals surface area contributed by atoms with Crippen LogP contribution in [0.1, 0.15) is 11.1 Å². The summed E-state index contributed by atoms with van der Waals surface area (Å²) in [6.07, 6.45) is 3.72. The van der Waals surface area contributed by atoms with Crippen LogP contribution >= 0.6 is 0 Å². The first-order chi connectivity index (χ1) is 19.2. The van der Waals surface area contributed by atoms with Crippen molar-refractivity contribution in [2.75, 3.05) is 0 Å². The minimum atomic E-state index is 0. The zero-order chi connectivity index (χ0) is 26.6. The van der Waals surface area contributed by atoms with Crippen LogP contribution in [0.2, 0.25) is 0 Å². The van der Waals surface area contributed by atoms with E-state index in [0.717, 1.165) is 50.0 Å². The van der Waals surface area contributed by atoms with Gasteiger partial charge in [0, 0.05) is 37.9 Å². The van der Waals surface area contributed by atoms with Gasteiger partial charge < -0.3 is 14.4 Å². The second-order valence-corrected chi connectivity index (χ2v) is 9.49. The summed E-state index contributed by atoms with van der Waals surface area (Å²) < 4.78 is 6.11. The second-order valence-electron chi connectivity index (χ2n) is 9.49. The topological polar surface area (TPSA) is 38.9 Å². The molecule has 3 nitrogen and oxygen atoms in total. The number of aryl methyl sites for hydroxylation is 2. The van der Waals surface area contributed by atoms with E-state index in [-0.39, 0.29) is 20.1 Å². The maximum atomic E-state index is 6.11. The van der Waals surface area contributed by atoms with Crippen LogP contribution in [0.5, 0.6) is 0 Å². The van der Waals surface area contributed by atoms with Gasteiger partial charge in [-0.1, -0.05) is 84.6 Å². The number of nitrogens with zero attached hydrogens (tertiary/aromatic N) is 2. The van der Waals surface area contributed by atoms with Gasteiger partial charge in [0.2, 0.25) is 0 Å². The molecule has 1 radical (unpaired) electrons. The largest absolute Gasteiger partial charge is 0.501 e. The molecule has 3 heterocycles. The molecule has 4 heteroatoms. The average Bonchev–Trinajstić information content (AvgIpc) is 3.38. The molecule has 0 unspecified atom stereocenters. The summed E-state index contributed by atoms with van der Waals surface area (Å²) in [6, 6.07) is 43.2. The first-order valence-corrected chi connectivity index (χ1v) is 12.9. The van der Waals surface area contributed by atoms with E-state index in [9.17, 15) is 0 Å². The van der Waals surface area contributed by atoms with E-state index in [2.05, 4.69) is 65.4 Å². The molecule has 0 atom stereocenters. The van der Waals surface area contributed by atoms with Crippen LogP contribution in [-0.2, 0) is 20.1 Å². The fraction of sp³-hybridized carbons (Fsp3) is 0.0556. The molecule has 0 bridgehead atoms. The third kappa shape index (κ3) is 5.79. The molecule has 4 aromatic carbocycles. The fourth-order valence-corrected chi connectivity index (χ4v) is 4.55. The predicted molar refractivity (Wildman–Crippen MR) is 159 cm³/mol. The van der Waals surface area contributed by atoms with Crippen LogP contribution in [0.3, 0.4) is 0 Å². The molecular weight excluding hydrogens is 669 g/mol. The van der Waals surface area contributed by atoms with Crippen molar-refractivity contribution in [2.45, 2.75) is 13.8 Å². The average molecular weight is 695 g/mol. The molecular formula is C36H26IrN2O-2. The number of rotatable bonds is 3. The van der Waals surface area contributed by atoms with Gasteiger partial charge in [-0.25, -0.2) is 0 Å². The zero-order valence-electron chi connectivity index (χ0n) is 22.2. The molecule has 0 aliphatic rings. The number of aromatic nitrogens is 2. The Labute approximate surface area is 247 Å². The summed E-state index contributed by atoms with van der Waals surface area (Å²) in [5, 5.41) is 2.21. The minimum absolute atomic E-state index is 0. The number of furan rings is 1. The normalized spacial score (nSPS) is 10.6. The van der Waals surface area contributed by atoms with Gasteiger partial charge in [0.1, 0.15) is 5.58 Å². The number of pyridine rings is 2. The Morgan fingerprint density at radius 3 is 2.23 bits per heavy atom. The summed E-state index contributed by atoms with van der Waals surface area (Å²) in [6.45, 7) is 4.10. The molecule has 0 fully saturated rings. The monoisotopic (exact) mass is 695 g/mol. The van der Waals surface area contributed by atoms with E-state index in [1.807, 2.05) is 92.1 Å². The number of fused-ring (bicyclic) bond motifs is 3. The Hall–Kier alpha value is -4.37. The van der Waals surface area contributed by atoms with E-state index in [4.69, 9.17) is 4.42 Å². The van der Waals surface area contributed by atoms with Crippen LogP contribution < -0.4 is 0 Å². The van der Waals surface area contributed by atoms with Crippen LogP contribution in [0.15, 0.2) is 126 Å². The van der Waals surface area contributed by atoms with E-state index < -0.39 is 0 Å². The van der Waals surface area contributed by atoms with E-state index in [0.29, 0.717) is 0 Å². The summed E-state index contributed by atoms with van der Waals surface area (Å²) >= 11 is 0. The minimum Gasteiger partial charge on any atom is -0.501 e. The molecule has 0 N–H and O–H groups in total.